The molecule has 0 saturated carbocycles. The highest BCUT2D eigenvalue weighted by Crippen LogP contribution is 2.26. The molecule has 0 aromatic heterocycles. The number of ether oxygens (including phenoxy) is 1. The fourth-order valence-corrected chi connectivity index (χ4v) is 3.72. The second-order valence-corrected chi connectivity index (χ2v) is 6.42. The van der Waals surface area contributed by atoms with Gasteiger partial charge in [0.2, 0.25) is 0 Å². The van der Waals surface area contributed by atoms with Crippen molar-refractivity contribution in [2.24, 2.45) is 5.92 Å². The Bertz CT molecular complexity index is 377. The maximum Gasteiger partial charge on any atom is 0.0468 e. The topological polar surface area (TPSA) is 21.3 Å². The molecule has 0 radical (unpaired) electrons. The summed E-state index contributed by atoms with van der Waals surface area (Å²) in [6.45, 7) is 4.09. The van der Waals surface area contributed by atoms with Crippen LogP contribution in [0.3, 0.4) is 0 Å². The second-order valence-electron chi connectivity index (χ2n) is 5.35. The first kappa shape index (κ1) is 14.9. The minimum absolute atomic E-state index is 0.604. The Labute approximate surface area is 121 Å². The van der Waals surface area contributed by atoms with Crippen LogP contribution in [0.5, 0.6) is 0 Å². The molecule has 1 heterocycles. The maximum absolute atomic E-state index is 5.43. The number of hydrogen-bond donors (Lipinski definition) is 1. The first-order valence-corrected chi connectivity index (χ1v) is 8.21. The van der Waals surface area contributed by atoms with Crippen LogP contribution in [0.1, 0.15) is 24.8 Å². The summed E-state index contributed by atoms with van der Waals surface area (Å²) >= 11 is 1.97. The van der Waals surface area contributed by atoms with Crippen LogP contribution in [0.4, 0.5) is 0 Å². The number of nitrogens with one attached hydrogen (secondary N) is 1. The minimum atomic E-state index is 0.604. The Balaban J connectivity index is 1.80. The average Bonchev–Trinajstić information content (AvgIpc) is 2.46. The molecule has 1 atom stereocenters. The van der Waals surface area contributed by atoms with Gasteiger partial charge in [0.05, 0.1) is 0 Å². The molecule has 1 aliphatic heterocycles. The highest BCUT2D eigenvalue weighted by molar-refractivity contribution is 7.99. The van der Waals surface area contributed by atoms with Gasteiger partial charge in [-0.1, -0.05) is 18.2 Å². The van der Waals surface area contributed by atoms with Crippen molar-refractivity contribution in [3.8, 4) is 0 Å². The summed E-state index contributed by atoms with van der Waals surface area (Å²) in [5.41, 5.74) is 1.38. The molecule has 1 unspecified atom stereocenters. The summed E-state index contributed by atoms with van der Waals surface area (Å²) < 4.78 is 5.43. The van der Waals surface area contributed by atoms with E-state index >= 15 is 0 Å². The highest BCUT2D eigenvalue weighted by Gasteiger charge is 2.18. The summed E-state index contributed by atoms with van der Waals surface area (Å²) in [5, 5.41) is 3.48. The number of benzene rings is 1. The monoisotopic (exact) mass is 279 g/mol. The molecule has 1 aromatic carbocycles. The first-order chi connectivity index (χ1) is 9.29. The molecule has 0 amide bonds. The molecule has 0 spiro atoms. The number of rotatable bonds is 6. The molecule has 2 nitrogen and oxygen atoms in total. The zero-order chi connectivity index (χ0) is 13.5. The standard InChI is InChI=1S/C16H25NOS/c1-13-5-3-4-6-16(13)19-12-15(17-2)11-14-7-9-18-10-8-14/h3-6,14-15,17H,7-12H2,1-2H3. The van der Waals surface area contributed by atoms with Gasteiger partial charge in [-0.3, -0.25) is 0 Å². The van der Waals surface area contributed by atoms with E-state index in [2.05, 4.69) is 43.6 Å². The first-order valence-electron chi connectivity index (χ1n) is 7.23. The molecule has 19 heavy (non-hydrogen) atoms. The zero-order valence-corrected chi connectivity index (χ0v) is 12.8. The largest absolute Gasteiger partial charge is 0.381 e. The van der Waals surface area contributed by atoms with E-state index in [1.54, 1.807) is 0 Å². The summed E-state index contributed by atoms with van der Waals surface area (Å²) in [5.74, 6) is 1.99. The third-order valence-electron chi connectivity index (χ3n) is 3.90. The van der Waals surface area contributed by atoms with E-state index in [9.17, 15) is 0 Å². The van der Waals surface area contributed by atoms with Crippen LogP contribution < -0.4 is 5.32 Å². The molecule has 106 valence electrons. The molecule has 1 aliphatic rings. The van der Waals surface area contributed by atoms with Crippen LogP contribution in [0, 0.1) is 12.8 Å². The molecule has 3 heteroatoms. The molecule has 0 aliphatic carbocycles. The van der Waals surface area contributed by atoms with E-state index in [1.165, 1.54) is 29.7 Å². The Hall–Kier alpha value is -0.510. The van der Waals surface area contributed by atoms with Crippen molar-refractivity contribution in [3.05, 3.63) is 29.8 Å². The molecular formula is C16H25NOS. The summed E-state index contributed by atoms with van der Waals surface area (Å²) in [6, 6.07) is 9.25. The number of thioether (sulfide) groups is 1. The van der Waals surface area contributed by atoms with Gasteiger partial charge in [-0.15, -0.1) is 11.8 Å². The lowest BCUT2D eigenvalue weighted by molar-refractivity contribution is 0.0616. The normalized spacial score (nSPS) is 18.4. The quantitative estimate of drug-likeness (QED) is 0.805. The summed E-state index contributed by atoms with van der Waals surface area (Å²) in [4.78, 5) is 1.41. The van der Waals surface area contributed by atoms with Crippen LogP contribution >= 0.6 is 11.8 Å². The van der Waals surface area contributed by atoms with Gasteiger partial charge < -0.3 is 10.1 Å². The van der Waals surface area contributed by atoms with Crippen molar-refractivity contribution >= 4 is 11.8 Å². The minimum Gasteiger partial charge on any atom is -0.381 e. The third kappa shape index (κ3) is 4.83. The van der Waals surface area contributed by atoms with Gasteiger partial charge in [-0.05, 0) is 50.8 Å². The Kier molecular flexibility index (Phi) is 6.21. The van der Waals surface area contributed by atoms with Crippen LogP contribution in [-0.2, 0) is 4.74 Å². The molecular weight excluding hydrogens is 254 g/mol. The van der Waals surface area contributed by atoms with E-state index in [-0.39, 0.29) is 0 Å². The van der Waals surface area contributed by atoms with Gasteiger partial charge in [0.15, 0.2) is 0 Å². The molecule has 1 N–H and O–H groups in total. The SMILES string of the molecule is CNC(CSc1ccccc1C)CC1CCOCC1. The van der Waals surface area contributed by atoms with E-state index < -0.39 is 0 Å². The van der Waals surface area contributed by atoms with Gasteiger partial charge in [0, 0.05) is 29.9 Å². The molecule has 1 fully saturated rings. The molecule has 1 aromatic rings. The fraction of sp³-hybridized carbons (Fsp3) is 0.625. The lowest BCUT2D eigenvalue weighted by Gasteiger charge is -2.26. The van der Waals surface area contributed by atoms with Crippen LogP contribution in [0.2, 0.25) is 0 Å². The van der Waals surface area contributed by atoms with E-state index in [1.807, 2.05) is 11.8 Å². The Morgan fingerprint density at radius 1 is 1.32 bits per heavy atom. The summed E-state index contributed by atoms with van der Waals surface area (Å²) in [6.07, 6.45) is 3.74. The van der Waals surface area contributed by atoms with E-state index in [0.29, 0.717) is 6.04 Å². The van der Waals surface area contributed by atoms with Gasteiger partial charge >= 0.3 is 0 Å². The number of hydrogen-bond acceptors (Lipinski definition) is 3. The maximum atomic E-state index is 5.43. The van der Waals surface area contributed by atoms with Gasteiger partial charge in [0.1, 0.15) is 0 Å². The van der Waals surface area contributed by atoms with E-state index in [4.69, 9.17) is 4.74 Å². The zero-order valence-electron chi connectivity index (χ0n) is 12.0. The van der Waals surface area contributed by atoms with Gasteiger partial charge in [-0.2, -0.15) is 0 Å². The third-order valence-corrected chi connectivity index (χ3v) is 5.24. The van der Waals surface area contributed by atoms with Crippen molar-refractivity contribution in [1.82, 2.24) is 5.32 Å². The van der Waals surface area contributed by atoms with Gasteiger partial charge in [-0.25, -0.2) is 0 Å². The Morgan fingerprint density at radius 3 is 2.74 bits per heavy atom. The fourth-order valence-electron chi connectivity index (χ4n) is 2.56. The smallest absolute Gasteiger partial charge is 0.0468 e. The molecule has 2 rings (SSSR count). The van der Waals surface area contributed by atoms with Crippen molar-refractivity contribution in [1.29, 1.82) is 0 Å². The van der Waals surface area contributed by atoms with Gasteiger partial charge in [0.25, 0.3) is 0 Å². The van der Waals surface area contributed by atoms with Crippen LogP contribution in [0.15, 0.2) is 29.2 Å². The van der Waals surface area contributed by atoms with Crippen LogP contribution in [-0.4, -0.2) is 32.1 Å². The lowest BCUT2D eigenvalue weighted by Crippen LogP contribution is -2.32. The summed E-state index contributed by atoms with van der Waals surface area (Å²) in [7, 11) is 2.09. The van der Waals surface area contributed by atoms with Crippen molar-refractivity contribution < 1.29 is 4.74 Å². The van der Waals surface area contributed by atoms with Crippen molar-refractivity contribution in [2.75, 3.05) is 26.0 Å². The number of aryl methyl sites for hydroxylation is 1. The van der Waals surface area contributed by atoms with Crippen molar-refractivity contribution in [3.63, 3.8) is 0 Å². The van der Waals surface area contributed by atoms with E-state index in [0.717, 1.165) is 24.9 Å². The molecule has 0 bridgehead atoms. The average molecular weight is 279 g/mol. The lowest BCUT2D eigenvalue weighted by atomic mass is 9.93. The van der Waals surface area contributed by atoms with Crippen LogP contribution in [0.25, 0.3) is 0 Å². The molecule has 1 saturated heterocycles. The Morgan fingerprint density at radius 2 is 2.05 bits per heavy atom. The second kappa shape index (κ2) is 7.93. The predicted octanol–water partition coefficient (Wildman–Crippen LogP) is 3.49. The van der Waals surface area contributed by atoms with Crippen molar-refractivity contribution in [2.45, 2.75) is 37.1 Å². The predicted molar refractivity (Wildman–Crippen MR) is 82.9 cm³/mol. The highest BCUT2D eigenvalue weighted by atomic mass is 32.2.